The number of carbonyl (C=O) groups excluding carboxylic acids is 1. The molecule has 0 saturated heterocycles. The Balaban J connectivity index is 1.93. The van der Waals surface area contributed by atoms with Gasteiger partial charge in [0, 0.05) is 18.7 Å². The molecule has 1 unspecified atom stereocenters. The van der Waals surface area contributed by atoms with Crippen LogP contribution in [0.2, 0.25) is 0 Å². The monoisotopic (exact) mass is 485 g/mol. The van der Waals surface area contributed by atoms with E-state index in [-0.39, 0.29) is 5.69 Å². The highest BCUT2D eigenvalue weighted by Crippen LogP contribution is 2.36. The molecular weight excluding hydrogens is 449 g/mol. The van der Waals surface area contributed by atoms with Gasteiger partial charge in [0.05, 0.1) is 17.1 Å². The van der Waals surface area contributed by atoms with Crippen LogP contribution in [0.4, 0.5) is 26.2 Å². The first-order valence-electron chi connectivity index (χ1n) is 12.3. The van der Waals surface area contributed by atoms with Gasteiger partial charge in [-0.3, -0.25) is 0 Å². The highest BCUT2D eigenvalue weighted by molar-refractivity contribution is 6.02. The van der Waals surface area contributed by atoms with Gasteiger partial charge in [-0.25, -0.2) is 14.0 Å². The first kappa shape index (κ1) is 26.3. The number of carboxylic acid groups (broad SMARTS) is 1. The van der Waals surface area contributed by atoms with Crippen molar-refractivity contribution in [3.05, 3.63) is 47.8 Å². The molecule has 2 aromatic rings. The summed E-state index contributed by atoms with van der Waals surface area (Å²) >= 11 is 0. The zero-order valence-corrected chi connectivity index (χ0v) is 20.9. The summed E-state index contributed by atoms with van der Waals surface area (Å²) in [7, 11) is 0. The fourth-order valence-corrected chi connectivity index (χ4v) is 4.42. The lowest BCUT2D eigenvalue weighted by molar-refractivity contribution is -0.144. The van der Waals surface area contributed by atoms with E-state index in [1.807, 2.05) is 6.07 Å². The quantitative estimate of drug-likeness (QED) is 0.381. The Morgan fingerprint density at radius 1 is 1.06 bits per heavy atom. The number of aryl methyl sites for hydroxylation is 1. The van der Waals surface area contributed by atoms with Crippen LogP contribution in [0, 0.1) is 18.7 Å². The Hall–Kier alpha value is -3.29. The van der Waals surface area contributed by atoms with Crippen molar-refractivity contribution < 1.29 is 23.8 Å². The molecule has 0 radical (unpaired) electrons. The standard InChI is InChI=1S/C27H36FN3O4/c1-17(2)16-31(20-8-6-5-7-9-20)25-13-11-21(35-19(4)26(32)33)15-24(25)30-27(34)29-23-12-10-18(3)14-22(23)28/h10-15,17,19-20H,5-9,16H2,1-4H3,(H,32,33)(H2,29,30,34). The predicted molar refractivity (Wildman–Crippen MR) is 137 cm³/mol. The van der Waals surface area contributed by atoms with E-state index in [9.17, 15) is 19.1 Å². The van der Waals surface area contributed by atoms with E-state index in [4.69, 9.17) is 4.74 Å². The molecule has 0 aliphatic heterocycles. The molecule has 2 aromatic carbocycles. The number of nitrogens with zero attached hydrogens (tertiary/aromatic N) is 1. The molecule has 0 bridgehead atoms. The van der Waals surface area contributed by atoms with Crippen LogP contribution >= 0.6 is 0 Å². The van der Waals surface area contributed by atoms with Gasteiger partial charge in [0.2, 0.25) is 0 Å². The topological polar surface area (TPSA) is 90.9 Å². The number of aliphatic carboxylic acids is 1. The van der Waals surface area contributed by atoms with E-state index in [1.165, 1.54) is 25.5 Å². The Kier molecular flexibility index (Phi) is 8.95. The van der Waals surface area contributed by atoms with Crippen molar-refractivity contribution >= 4 is 29.1 Å². The molecule has 2 amide bonds. The van der Waals surface area contributed by atoms with E-state index in [0.717, 1.165) is 43.5 Å². The Morgan fingerprint density at radius 3 is 2.37 bits per heavy atom. The molecule has 0 aromatic heterocycles. The van der Waals surface area contributed by atoms with Gasteiger partial charge >= 0.3 is 12.0 Å². The fraction of sp³-hybridized carbons (Fsp3) is 0.481. The maximum atomic E-state index is 14.3. The average Bonchev–Trinajstić information content (AvgIpc) is 2.80. The van der Waals surface area contributed by atoms with E-state index in [2.05, 4.69) is 29.4 Å². The Labute approximate surface area is 206 Å². The number of urea groups is 1. The number of hydrogen-bond acceptors (Lipinski definition) is 4. The second kappa shape index (κ2) is 11.9. The molecule has 8 heteroatoms. The molecule has 1 aliphatic rings. The number of nitrogens with one attached hydrogen (secondary N) is 2. The molecule has 3 N–H and O–H groups in total. The van der Waals surface area contributed by atoms with Crippen molar-refractivity contribution in [1.82, 2.24) is 0 Å². The molecule has 7 nitrogen and oxygen atoms in total. The summed E-state index contributed by atoms with van der Waals surface area (Å²) in [4.78, 5) is 26.5. The largest absolute Gasteiger partial charge is 0.479 e. The van der Waals surface area contributed by atoms with E-state index < -0.39 is 23.9 Å². The van der Waals surface area contributed by atoms with Gasteiger partial charge in [-0.05, 0) is 62.4 Å². The number of anilines is 3. The lowest BCUT2D eigenvalue weighted by Gasteiger charge is -2.38. The average molecular weight is 486 g/mol. The molecule has 1 saturated carbocycles. The first-order chi connectivity index (χ1) is 16.6. The summed E-state index contributed by atoms with van der Waals surface area (Å²) in [5.74, 6) is -0.881. The molecule has 0 heterocycles. The summed E-state index contributed by atoms with van der Waals surface area (Å²) in [6, 6.07) is 9.58. The highest BCUT2D eigenvalue weighted by Gasteiger charge is 2.25. The second-order valence-corrected chi connectivity index (χ2v) is 9.68. The SMILES string of the molecule is Cc1ccc(NC(=O)Nc2cc(OC(C)C(=O)O)ccc2N(CC(C)C)C2CCCCC2)c(F)c1. The van der Waals surface area contributed by atoms with Crippen molar-refractivity contribution in [1.29, 1.82) is 0 Å². The van der Waals surface area contributed by atoms with Crippen LogP contribution in [0.3, 0.4) is 0 Å². The first-order valence-corrected chi connectivity index (χ1v) is 12.3. The molecule has 3 rings (SSSR count). The number of halogens is 1. The van der Waals surface area contributed by atoms with Crippen LogP contribution in [0.15, 0.2) is 36.4 Å². The lowest BCUT2D eigenvalue weighted by atomic mass is 9.93. The van der Waals surface area contributed by atoms with Gasteiger partial charge in [0.25, 0.3) is 0 Å². The van der Waals surface area contributed by atoms with Crippen molar-refractivity contribution in [3.63, 3.8) is 0 Å². The zero-order valence-electron chi connectivity index (χ0n) is 20.9. The number of rotatable bonds is 9. The summed E-state index contributed by atoms with van der Waals surface area (Å²) < 4.78 is 19.9. The highest BCUT2D eigenvalue weighted by atomic mass is 19.1. The van der Waals surface area contributed by atoms with E-state index in [1.54, 1.807) is 25.1 Å². The summed E-state index contributed by atoms with van der Waals surface area (Å²) in [5.41, 5.74) is 2.15. The van der Waals surface area contributed by atoms with Crippen LogP contribution < -0.4 is 20.3 Å². The van der Waals surface area contributed by atoms with Gasteiger partial charge in [0.1, 0.15) is 11.6 Å². The molecular formula is C27H36FN3O4. The molecule has 1 fully saturated rings. The maximum Gasteiger partial charge on any atom is 0.344 e. The lowest BCUT2D eigenvalue weighted by Crippen LogP contribution is -2.40. The van der Waals surface area contributed by atoms with Crippen molar-refractivity contribution in [2.75, 3.05) is 22.1 Å². The summed E-state index contributed by atoms with van der Waals surface area (Å²) in [6.07, 6.45) is 4.64. The zero-order chi connectivity index (χ0) is 25.5. The predicted octanol–water partition coefficient (Wildman–Crippen LogP) is 6.43. The van der Waals surface area contributed by atoms with Gasteiger partial charge in [-0.2, -0.15) is 0 Å². The smallest absolute Gasteiger partial charge is 0.344 e. The van der Waals surface area contributed by atoms with Crippen LogP contribution in [0.25, 0.3) is 0 Å². The number of amides is 2. The number of hydrogen-bond donors (Lipinski definition) is 3. The van der Waals surface area contributed by atoms with Gasteiger partial charge in [-0.15, -0.1) is 0 Å². The minimum absolute atomic E-state index is 0.0767. The van der Waals surface area contributed by atoms with E-state index in [0.29, 0.717) is 23.4 Å². The van der Waals surface area contributed by atoms with Crippen LogP contribution in [0.1, 0.15) is 58.4 Å². The Bertz CT molecular complexity index is 1040. The molecule has 1 atom stereocenters. The van der Waals surface area contributed by atoms with E-state index >= 15 is 0 Å². The number of ether oxygens (including phenoxy) is 1. The molecule has 1 aliphatic carbocycles. The molecule has 190 valence electrons. The Morgan fingerprint density at radius 2 is 1.74 bits per heavy atom. The van der Waals surface area contributed by atoms with Gasteiger partial charge in [-0.1, -0.05) is 39.2 Å². The third kappa shape index (κ3) is 7.34. The molecule has 35 heavy (non-hydrogen) atoms. The fourth-order valence-electron chi connectivity index (χ4n) is 4.42. The van der Waals surface area contributed by atoms with Crippen molar-refractivity contribution in [3.8, 4) is 5.75 Å². The minimum Gasteiger partial charge on any atom is -0.479 e. The number of carboxylic acids is 1. The van der Waals surface area contributed by atoms with Crippen LogP contribution in [0.5, 0.6) is 5.75 Å². The summed E-state index contributed by atoms with van der Waals surface area (Å²) in [6.45, 7) is 8.34. The molecule has 0 spiro atoms. The number of carbonyl (C=O) groups is 2. The van der Waals surface area contributed by atoms with Crippen molar-refractivity contribution in [2.45, 2.75) is 71.9 Å². The minimum atomic E-state index is -1.08. The van der Waals surface area contributed by atoms with Crippen LogP contribution in [-0.2, 0) is 4.79 Å². The normalized spacial score (nSPS) is 14.9. The van der Waals surface area contributed by atoms with Gasteiger partial charge < -0.3 is 25.4 Å². The third-order valence-electron chi connectivity index (χ3n) is 6.14. The van der Waals surface area contributed by atoms with Crippen molar-refractivity contribution in [2.24, 2.45) is 5.92 Å². The number of benzene rings is 2. The van der Waals surface area contributed by atoms with Gasteiger partial charge in [0.15, 0.2) is 6.10 Å². The van der Waals surface area contributed by atoms with Crippen LogP contribution in [-0.4, -0.2) is 35.8 Å². The third-order valence-corrected chi connectivity index (χ3v) is 6.14. The summed E-state index contributed by atoms with van der Waals surface area (Å²) in [5, 5.41) is 14.7. The maximum absolute atomic E-state index is 14.3. The second-order valence-electron chi connectivity index (χ2n) is 9.68.